The van der Waals surface area contributed by atoms with Crippen LogP contribution >= 0.6 is 0 Å². The number of hydrogen-bond donors (Lipinski definition) is 2. The number of nitrogens with zero attached hydrogens (tertiary/aromatic N) is 1. The summed E-state index contributed by atoms with van der Waals surface area (Å²) in [7, 11) is -2.66. The number of oxazole rings is 1. The summed E-state index contributed by atoms with van der Waals surface area (Å²) < 4.78 is 37.5. The van der Waals surface area contributed by atoms with Gasteiger partial charge in [-0.25, -0.2) is 9.37 Å². The number of rotatable bonds is 5. The molecule has 0 saturated carbocycles. The lowest BCUT2D eigenvalue weighted by Crippen LogP contribution is -2.29. The van der Waals surface area contributed by atoms with E-state index in [0.717, 1.165) is 0 Å². The Bertz CT molecular complexity index is 799. The Labute approximate surface area is 127 Å². The highest BCUT2D eigenvalue weighted by Crippen LogP contribution is 2.24. The van der Waals surface area contributed by atoms with Crippen molar-refractivity contribution in [3.05, 3.63) is 41.5 Å². The molecule has 0 radical (unpaired) electrons. The molecule has 0 bridgehead atoms. The molecule has 0 aliphatic carbocycles. The van der Waals surface area contributed by atoms with Gasteiger partial charge in [-0.1, -0.05) is 12.1 Å². The van der Waals surface area contributed by atoms with E-state index in [9.17, 15) is 13.4 Å². The maximum atomic E-state index is 13.7. The third-order valence-corrected chi connectivity index (χ3v) is 3.88. The first-order chi connectivity index (χ1) is 10.3. The van der Waals surface area contributed by atoms with E-state index in [1.807, 2.05) is 0 Å². The van der Waals surface area contributed by atoms with Gasteiger partial charge in [0.15, 0.2) is 5.69 Å². The fourth-order valence-corrected chi connectivity index (χ4v) is 2.29. The van der Waals surface area contributed by atoms with E-state index in [2.05, 4.69) is 10.3 Å². The van der Waals surface area contributed by atoms with Gasteiger partial charge in [0.05, 0.1) is 5.56 Å². The molecule has 1 aromatic carbocycles. The van der Waals surface area contributed by atoms with Crippen molar-refractivity contribution in [1.82, 2.24) is 10.3 Å². The van der Waals surface area contributed by atoms with Gasteiger partial charge in [0.2, 0.25) is 5.89 Å². The molecule has 1 atom stereocenters. The molecule has 1 heterocycles. The van der Waals surface area contributed by atoms with Crippen molar-refractivity contribution < 1.29 is 17.8 Å². The van der Waals surface area contributed by atoms with Crippen molar-refractivity contribution in [1.29, 1.82) is 4.78 Å². The maximum Gasteiger partial charge on any atom is 0.273 e. The minimum Gasteiger partial charge on any atom is -0.440 e. The van der Waals surface area contributed by atoms with Crippen LogP contribution in [0.3, 0.4) is 0 Å². The maximum absolute atomic E-state index is 13.7. The Hall–Kier alpha value is -2.22. The van der Waals surface area contributed by atoms with Gasteiger partial charge < -0.3 is 9.73 Å². The smallest absolute Gasteiger partial charge is 0.273 e. The number of amides is 1. The van der Waals surface area contributed by atoms with E-state index in [4.69, 9.17) is 9.20 Å². The zero-order chi connectivity index (χ0) is 16.3. The van der Waals surface area contributed by atoms with E-state index in [1.165, 1.54) is 18.4 Å². The van der Waals surface area contributed by atoms with Crippen molar-refractivity contribution in [3.8, 4) is 11.5 Å². The van der Waals surface area contributed by atoms with Crippen LogP contribution in [0, 0.1) is 17.5 Å². The van der Waals surface area contributed by atoms with Crippen LogP contribution < -0.4 is 5.32 Å². The molecule has 1 aromatic heterocycles. The highest BCUT2D eigenvalue weighted by Gasteiger charge is 2.19. The number of carbonyl (C=O) groups excluding carboxylic acids is 1. The number of aromatic nitrogens is 1. The minimum absolute atomic E-state index is 0.0283. The van der Waals surface area contributed by atoms with E-state index in [-0.39, 0.29) is 35.2 Å². The van der Waals surface area contributed by atoms with Crippen LogP contribution in [0.25, 0.3) is 11.5 Å². The van der Waals surface area contributed by atoms with Crippen molar-refractivity contribution in [3.63, 3.8) is 0 Å². The molecular formula is C14H16FN3O3S. The third kappa shape index (κ3) is 3.91. The summed E-state index contributed by atoms with van der Waals surface area (Å²) in [5, 5.41) is 2.52. The zero-order valence-electron chi connectivity index (χ0n) is 12.2. The first-order valence-corrected chi connectivity index (χ1v) is 8.63. The average molecular weight is 325 g/mol. The number of aryl methyl sites for hydroxylation is 1. The van der Waals surface area contributed by atoms with Crippen LogP contribution in [0.1, 0.15) is 16.2 Å². The van der Waals surface area contributed by atoms with Crippen molar-refractivity contribution in [2.45, 2.75) is 6.92 Å². The highest BCUT2D eigenvalue weighted by atomic mass is 32.2. The number of nitrogens with one attached hydrogen (secondary N) is 2. The number of hydrogen-bond acceptors (Lipinski definition) is 5. The minimum atomic E-state index is -2.66. The van der Waals surface area contributed by atoms with Crippen molar-refractivity contribution in [2.75, 3.05) is 18.6 Å². The molecule has 2 rings (SSSR count). The third-order valence-electron chi connectivity index (χ3n) is 2.89. The molecular weight excluding hydrogens is 309 g/mol. The van der Waals surface area contributed by atoms with Crippen LogP contribution in [0.4, 0.5) is 4.39 Å². The van der Waals surface area contributed by atoms with E-state index < -0.39 is 21.5 Å². The van der Waals surface area contributed by atoms with Gasteiger partial charge in [0.1, 0.15) is 11.6 Å². The van der Waals surface area contributed by atoms with E-state index in [1.54, 1.807) is 19.1 Å². The molecule has 8 heteroatoms. The summed E-state index contributed by atoms with van der Waals surface area (Å²) >= 11 is 0. The van der Waals surface area contributed by atoms with E-state index in [0.29, 0.717) is 0 Å². The van der Waals surface area contributed by atoms with Crippen LogP contribution in [0.2, 0.25) is 0 Å². The molecule has 0 aliphatic heterocycles. The lowest BCUT2D eigenvalue weighted by molar-refractivity contribution is 0.0950. The largest absolute Gasteiger partial charge is 0.440 e. The SMILES string of the molecule is Cc1oc(-c2ccccc2F)nc1C(=O)NCCS(C)(=N)=O. The summed E-state index contributed by atoms with van der Waals surface area (Å²) in [4.78, 5) is 16.0. The summed E-state index contributed by atoms with van der Waals surface area (Å²) in [6, 6.07) is 5.98. The topological polar surface area (TPSA) is 96.1 Å². The molecule has 0 saturated heterocycles. The second-order valence-electron chi connectivity index (χ2n) is 4.87. The van der Waals surface area contributed by atoms with Crippen LogP contribution in [-0.2, 0) is 9.73 Å². The summed E-state index contributed by atoms with van der Waals surface area (Å²) in [5.74, 6) is -0.655. The second kappa shape index (κ2) is 6.27. The first-order valence-electron chi connectivity index (χ1n) is 6.50. The second-order valence-corrected chi connectivity index (χ2v) is 7.29. The summed E-state index contributed by atoms with van der Waals surface area (Å²) in [6.07, 6.45) is 1.30. The van der Waals surface area contributed by atoms with Gasteiger partial charge in [-0.2, -0.15) is 0 Å². The highest BCUT2D eigenvalue weighted by molar-refractivity contribution is 7.91. The van der Waals surface area contributed by atoms with Crippen LogP contribution in [-0.4, -0.2) is 33.7 Å². The molecule has 1 amide bonds. The Morgan fingerprint density at radius 2 is 2.14 bits per heavy atom. The quantitative estimate of drug-likeness (QED) is 0.881. The van der Waals surface area contributed by atoms with E-state index >= 15 is 0 Å². The number of carbonyl (C=O) groups is 1. The molecule has 0 spiro atoms. The van der Waals surface area contributed by atoms with Gasteiger partial charge in [0.25, 0.3) is 5.91 Å². The monoisotopic (exact) mass is 325 g/mol. The van der Waals surface area contributed by atoms with Gasteiger partial charge in [-0.15, -0.1) is 0 Å². The molecule has 22 heavy (non-hydrogen) atoms. The predicted molar refractivity (Wildman–Crippen MR) is 80.6 cm³/mol. The molecule has 0 fully saturated rings. The predicted octanol–water partition coefficient (Wildman–Crippen LogP) is 2.20. The number of benzene rings is 1. The molecule has 2 aromatic rings. The standard InChI is InChI=1S/C14H16FN3O3S/c1-9-12(13(19)17-7-8-22(2,16)20)18-14(21-9)10-5-3-4-6-11(10)15/h3-6,16H,7-8H2,1-2H3,(H,17,19). The lowest BCUT2D eigenvalue weighted by Gasteiger charge is -2.03. The molecule has 118 valence electrons. The van der Waals surface area contributed by atoms with Gasteiger partial charge in [-0.05, 0) is 19.1 Å². The summed E-state index contributed by atoms with van der Waals surface area (Å²) in [5.41, 5.74) is 0.221. The lowest BCUT2D eigenvalue weighted by atomic mass is 10.2. The van der Waals surface area contributed by atoms with Crippen molar-refractivity contribution >= 4 is 15.6 Å². The zero-order valence-corrected chi connectivity index (χ0v) is 13.0. The Kier molecular flexibility index (Phi) is 4.60. The average Bonchev–Trinajstić information content (AvgIpc) is 2.79. The van der Waals surface area contributed by atoms with Crippen molar-refractivity contribution in [2.24, 2.45) is 0 Å². The molecule has 1 unspecified atom stereocenters. The first kappa shape index (κ1) is 16.2. The number of halogens is 1. The normalized spacial score (nSPS) is 13.6. The molecule has 2 N–H and O–H groups in total. The molecule has 6 nitrogen and oxygen atoms in total. The van der Waals surface area contributed by atoms with Gasteiger partial charge >= 0.3 is 0 Å². The Morgan fingerprint density at radius 1 is 1.45 bits per heavy atom. The fourth-order valence-electron chi connectivity index (χ4n) is 1.80. The Morgan fingerprint density at radius 3 is 2.77 bits per heavy atom. The summed E-state index contributed by atoms with van der Waals surface area (Å²) in [6.45, 7) is 1.65. The van der Waals surface area contributed by atoms with Crippen LogP contribution in [0.5, 0.6) is 0 Å². The van der Waals surface area contributed by atoms with Crippen LogP contribution in [0.15, 0.2) is 28.7 Å². The van der Waals surface area contributed by atoms with Gasteiger partial charge in [0, 0.05) is 28.3 Å². The van der Waals surface area contributed by atoms with Gasteiger partial charge in [-0.3, -0.25) is 13.8 Å². The fraction of sp³-hybridized carbons (Fsp3) is 0.286. The Balaban J connectivity index is 2.16. The molecule has 0 aliphatic rings.